The van der Waals surface area contributed by atoms with Gasteiger partial charge in [-0.15, -0.1) is 6.42 Å². The number of aliphatic carboxylic acids is 1. The Bertz CT molecular complexity index is 1320. The molecule has 1 aromatic rings. The molecule has 2 atom stereocenters. The number of terminal acetylenes is 1. The highest BCUT2D eigenvalue weighted by atomic mass is 127. The van der Waals surface area contributed by atoms with Gasteiger partial charge in [-0.1, -0.05) is 0 Å². The summed E-state index contributed by atoms with van der Waals surface area (Å²) in [5.41, 5.74) is -3.14. The fraction of sp³-hybridized carbons (Fsp3) is 0.423. The van der Waals surface area contributed by atoms with Crippen molar-refractivity contribution in [2.45, 2.75) is 44.1 Å². The van der Waals surface area contributed by atoms with Crippen LogP contribution in [0.25, 0.3) is 0 Å². The molecule has 6 nitrogen and oxygen atoms in total. The van der Waals surface area contributed by atoms with E-state index in [4.69, 9.17) is 21.0 Å². The molecule has 2 unspecified atom stereocenters. The number of hydrogen-bond donors (Lipinski definition) is 1. The number of allylic oxidation sites excluding steroid dienone is 1. The number of halogens is 6. The van der Waals surface area contributed by atoms with Gasteiger partial charge in [-0.2, -0.15) is 4.39 Å². The van der Waals surface area contributed by atoms with Gasteiger partial charge >= 0.3 is 17.9 Å². The predicted octanol–water partition coefficient (Wildman–Crippen LogP) is 6.63. The molecule has 0 aromatic heterocycles. The summed E-state index contributed by atoms with van der Waals surface area (Å²) in [4.78, 5) is 37.6. The summed E-state index contributed by atoms with van der Waals surface area (Å²) in [6.45, 7) is -1.22. The quantitative estimate of drug-likeness (QED) is 0.0828. The standard InChI is InChI=1S/C26H20F3I3O6/c1-2-16(27)19(22(33)34)20(29)17(28)10-37-24(36)25-6-12-3-13(7-25)9-26(8-12,11-25)38-23(35)15-4-14(30)5-18(31)21(15)32/h1,4-5,12-13H,3,6-11H2,(H,33,34)/b19-16-,20-17-. The van der Waals surface area contributed by atoms with Gasteiger partial charge in [0.1, 0.15) is 17.8 Å². The summed E-state index contributed by atoms with van der Waals surface area (Å²) in [5, 5.41) is 8.97. The number of carbonyl (C=O) groups excluding carboxylic acids is 2. The first kappa shape index (κ1) is 29.6. The highest BCUT2D eigenvalue weighted by Gasteiger charge is 2.63. The fourth-order valence-electron chi connectivity index (χ4n) is 6.33. The van der Waals surface area contributed by atoms with Crippen molar-refractivity contribution in [2.75, 3.05) is 6.61 Å². The van der Waals surface area contributed by atoms with Crippen LogP contribution < -0.4 is 0 Å². The molecule has 1 N–H and O–H groups in total. The van der Waals surface area contributed by atoms with Crippen molar-refractivity contribution in [1.82, 2.24) is 0 Å². The first-order valence-electron chi connectivity index (χ1n) is 11.5. The predicted molar refractivity (Wildman–Crippen MR) is 155 cm³/mol. The van der Waals surface area contributed by atoms with Crippen LogP contribution >= 0.6 is 67.8 Å². The lowest BCUT2D eigenvalue weighted by molar-refractivity contribution is -0.196. The number of carbonyl (C=O) groups is 3. The van der Waals surface area contributed by atoms with Crippen molar-refractivity contribution in [3.63, 3.8) is 0 Å². The smallest absolute Gasteiger partial charge is 0.342 e. The molecule has 0 heterocycles. The highest BCUT2D eigenvalue weighted by molar-refractivity contribution is 14.1. The third-order valence-electron chi connectivity index (χ3n) is 7.31. The first-order chi connectivity index (χ1) is 17.8. The molecule has 4 saturated carbocycles. The van der Waals surface area contributed by atoms with Crippen LogP contribution in [0.1, 0.15) is 48.9 Å². The van der Waals surface area contributed by atoms with Gasteiger partial charge in [0.25, 0.3) is 0 Å². The zero-order chi connectivity index (χ0) is 28.0. The number of ether oxygens (including phenoxy) is 2. The lowest BCUT2D eigenvalue weighted by Crippen LogP contribution is -2.60. The van der Waals surface area contributed by atoms with Crippen molar-refractivity contribution in [1.29, 1.82) is 0 Å². The number of esters is 2. The summed E-state index contributed by atoms with van der Waals surface area (Å²) in [6.07, 6.45) is 7.94. The molecule has 38 heavy (non-hydrogen) atoms. The van der Waals surface area contributed by atoms with E-state index in [0.717, 1.165) is 17.1 Å². The Morgan fingerprint density at radius 1 is 1.08 bits per heavy atom. The maximum Gasteiger partial charge on any atom is 0.342 e. The molecule has 0 radical (unpaired) electrons. The summed E-state index contributed by atoms with van der Waals surface area (Å²) in [5.74, 6) is -7.46. The Morgan fingerprint density at radius 2 is 1.71 bits per heavy atom. The zero-order valence-corrected chi connectivity index (χ0v) is 26.1. The summed E-state index contributed by atoms with van der Waals surface area (Å²) < 4.78 is 56.1. The van der Waals surface area contributed by atoms with Gasteiger partial charge < -0.3 is 14.6 Å². The molecule has 4 fully saturated rings. The minimum Gasteiger partial charge on any atom is -0.477 e. The molecule has 4 bridgehead atoms. The second kappa shape index (κ2) is 11.3. The van der Waals surface area contributed by atoms with Crippen molar-refractivity contribution in [3.8, 4) is 12.3 Å². The van der Waals surface area contributed by atoms with Crippen LogP contribution in [0.5, 0.6) is 0 Å². The second-order valence-electron chi connectivity index (χ2n) is 10.00. The van der Waals surface area contributed by atoms with E-state index in [0.29, 0.717) is 31.2 Å². The molecule has 1 aromatic carbocycles. The van der Waals surface area contributed by atoms with E-state index in [9.17, 15) is 27.6 Å². The number of rotatable bonds is 7. The summed E-state index contributed by atoms with van der Waals surface area (Å²) >= 11 is 6.38. The van der Waals surface area contributed by atoms with Gasteiger partial charge in [0, 0.05) is 17.1 Å². The topological polar surface area (TPSA) is 89.9 Å². The van der Waals surface area contributed by atoms with Crippen molar-refractivity contribution in [3.05, 3.63) is 51.5 Å². The van der Waals surface area contributed by atoms with Crippen LogP contribution in [0.15, 0.2) is 35.2 Å². The van der Waals surface area contributed by atoms with Gasteiger partial charge in [-0.25, -0.2) is 18.4 Å². The Morgan fingerprint density at radius 3 is 2.29 bits per heavy atom. The molecular formula is C26H20F3I3O6. The molecule has 4 aliphatic rings. The number of hydrogen-bond acceptors (Lipinski definition) is 5. The molecule has 0 aliphatic heterocycles. The van der Waals surface area contributed by atoms with Gasteiger partial charge in [0.05, 0.1) is 11.0 Å². The van der Waals surface area contributed by atoms with Crippen LogP contribution in [0.4, 0.5) is 13.2 Å². The number of carboxylic acid groups (broad SMARTS) is 1. The third kappa shape index (κ3) is 5.74. The van der Waals surface area contributed by atoms with Crippen molar-refractivity contribution < 1.29 is 42.1 Å². The molecule has 5 rings (SSSR count). The van der Waals surface area contributed by atoms with E-state index in [1.54, 1.807) is 6.07 Å². The highest BCUT2D eigenvalue weighted by Crippen LogP contribution is 2.63. The monoisotopic (exact) mass is 866 g/mol. The number of carboxylic acids is 1. The molecule has 0 saturated heterocycles. The maximum atomic E-state index is 14.4. The van der Waals surface area contributed by atoms with E-state index in [-0.39, 0.29) is 18.3 Å². The van der Waals surface area contributed by atoms with Crippen LogP contribution in [-0.2, 0) is 19.1 Å². The average molecular weight is 866 g/mol. The average Bonchev–Trinajstić information content (AvgIpc) is 2.82. The van der Waals surface area contributed by atoms with Crippen LogP contribution in [0, 0.1) is 40.3 Å². The van der Waals surface area contributed by atoms with Crippen LogP contribution in [-0.4, -0.2) is 35.2 Å². The molecule has 202 valence electrons. The minimum absolute atomic E-state index is 0.0927. The Labute approximate surface area is 257 Å². The van der Waals surface area contributed by atoms with Crippen LogP contribution in [0.2, 0.25) is 0 Å². The normalized spacial score (nSPS) is 28.7. The van der Waals surface area contributed by atoms with E-state index in [2.05, 4.69) is 67.8 Å². The van der Waals surface area contributed by atoms with Crippen molar-refractivity contribution >= 4 is 85.7 Å². The SMILES string of the molecule is C#C/C(F)=C(C(=O)O)\C(F)=C(\F)COC(=O)C12CC3CC(CC(OC(=O)c4cc(I)cc(I)c4I)(C3)C1)C2. The largest absolute Gasteiger partial charge is 0.477 e. The van der Waals surface area contributed by atoms with Gasteiger partial charge in [0.2, 0.25) is 0 Å². The number of benzene rings is 1. The Kier molecular flexibility index (Phi) is 8.78. The van der Waals surface area contributed by atoms with Crippen LogP contribution in [0.3, 0.4) is 0 Å². The Balaban J connectivity index is 1.54. The molecular weight excluding hydrogens is 846 g/mol. The molecule has 12 heteroatoms. The van der Waals surface area contributed by atoms with Gasteiger partial charge in [-0.05, 0) is 130 Å². The second-order valence-corrected chi connectivity index (χ2v) is 13.5. The molecule has 0 spiro atoms. The van der Waals surface area contributed by atoms with Gasteiger partial charge in [0.15, 0.2) is 17.5 Å². The lowest BCUT2D eigenvalue weighted by Gasteiger charge is -2.59. The minimum atomic E-state index is -2.10. The summed E-state index contributed by atoms with van der Waals surface area (Å²) in [6, 6.07) is 3.70. The van der Waals surface area contributed by atoms with E-state index >= 15 is 0 Å². The first-order valence-corrected chi connectivity index (χ1v) is 14.7. The fourth-order valence-corrected chi connectivity index (χ4v) is 8.71. The lowest BCUT2D eigenvalue weighted by atomic mass is 9.48. The zero-order valence-electron chi connectivity index (χ0n) is 19.6. The molecule has 0 amide bonds. The Hall–Kier alpha value is -1.35. The van der Waals surface area contributed by atoms with E-state index in [1.165, 1.54) is 5.92 Å². The summed E-state index contributed by atoms with van der Waals surface area (Å²) in [7, 11) is 0. The third-order valence-corrected chi connectivity index (χ3v) is 11.0. The maximum absolute atomic E-state index is 14.4. The van der Waals surface area contributed by atoms with Gasteiger partial charge in [-0.3, -0.25) is 4.79 Å². The molecule has 4 aliphatic carbocycles. The van der Waals surface area contributed by atoms with Crippen molar-refractivity contribution in [2.24, 2.45) is 17.3 Å². The van der Waals surface area contributed by atoms with E-state index in [1.807, 2.05) is 6.07 Å². The van der Waals surface area contributed by atoms with E-state index < -0.39 is 58.6 Å².